The van der Waals surface area contributed by atoms with Gasteiger partial charge in [0.05, 0.1) is 6.42 Å². The van der Waals surface area contributed by atoms with E-state index in [0.29, 0.717) is 36.5 Å². The minimum absolute atomic E-state index is 0. The van der Waals surface area contributed by atoms with E-state index in [1.54, 1.807) is 18.3 Å². The Morgan fingerprint density at radius 3 is 2.61 bits per heavy atom. The van der Waals surface area contributed by atoms with Crippen molar-refractivity contribution in [3.63, 3.8) is 0 Å². The van der Waals surface area contributed by atoms with Crippen molar-refractivity contribution in [3.05, 3.63) is 87.3 Å². The lowest BCUT2D eigenvalue weighted by atomic mass is 10.1. The second-order valence-corrected chi connectivity index (χ2v) is 9.30. The number of rotatable bonds is 5. The fraction of sp³-hybridized carbons (Fsp3) is 0.308. The lowest BCUT2D eigenvalue weighted by Gasteiger charge is -2.23. The number of aryl methyl sites for hydroxylation is 2. The van der Waals surface area contributed by atoms with Crippen LogP contribution in [0.1, 0.15) is 40.7 Å². The molecule has 0 unspecified atom stereocenters. The Hall–Kier alpha value is -3.06. The van der Waals surface area contributed by atoms with E-state index in [2.05, 4.69) is 30.8 Å². The zero-order valence-corrected chi connectivity index (χ0v) is 20.5. The second kappa shape index (κ2) is 10.3. The monoisotopic (exact) mass is 508 g/mol. The van der Waals surface area contributed by atoms with Crippen molar-refractivity contribution in [2.24, 2.45) is 0 Å². The van der Waals surface area contributed by atoms with Gasteiger partial charge in [-0.25, -0.2) is 4.98 Å². The van der Waals surface area contributed by atoms with Crippen molar-refractivity contribution < 1.29 is 11.0 Å². The Morgan fingerprint density at radius 2 is 1.82 bits per heavy atom. The SMILES string of the molecule is Cc1ccc(CC(=O)N2CCCN(c3cccc(C(=O)c4cc(Br)cnc4C)n3)CC2)cc1.[HH]. The third kappa shape index (κ3) is 5.66. The van der Waals surface area contributed by atoms with Crippen molar-refractivity contribution in [1.82, 2.24) is 14.9 Å². The number of hydrogen-bond donors (Lipinski definition) is 0. The van der Waals surface area contributed by atoms with Crippen molar-refractivity contribution in [2.45, 2.75) is 26.7 Å². The smallest absolute Gasteiger partial charge is 0.227 e. The number of benzene rings is 1. The number of amides is 1. The summed E-state index contributed by atoms with van der Waals surface area (Å²) in [7, 11) is 0. The van der Waals surface area contributed by atoms with Gasteiger partial charge in [0, 0.05) is 49.5 Å². The fourth-order valence-corrected chi connectivity index (χ4v) is 4.32. The van der Waals surface area contributed by atoms with Gasteiger partial charge in [-0.15, -0.1) is 0 Å². The molecular weight excluding hydrogens is 480 g/mol. The topological polar surface area (TPSA) is 66.4 Å². The summed E-state index contributed by atoms with van der Waals surface area (Å²) in [6.45, 7) is 6.70. The van der Waals surface area contributed by atoms with Gasteiger partial charge in [-0.1, -0.05) is 35.9 Å². The van der Waals surface area contributed by atoms with Crippen LogP contribution in [0, 0.1) is 13.8 Å². The molecule has 7 heteroatoms. The molecule has 33 heavy (non-hydrogen) atoms. The highest BCUT2D eigenvalue weighted by Gasteiger charge is 2.21. The quantitative estimate of drug-likeness (QED) is 0.470. The van der Waals surface area contributed by atoms with Gasteiger partial charge in [-0.3, -0.25) is 14.6 Å². The van der Waals surface area contributed by atoms with E-state index in [-0.39, 0.29) is 13.1 Å². The number of pyridine rings is 2. The fourth-order valence-electron chi connectivity index (χ4n) is 3.99. The van der Waals surface area contributed by atoms with Gasteiger partial charge in [0.1, 0.15) is 11.5 Å². The molecule has 6 nitrogen and oxygen atoms in total. The molecule has 0 saturated carbocycles. The summed E-state index contributed by atoms with van der Waals surface area (Å²) >= 11 is 3.39. The molecule has 0 spiro atoms. The number of aromatic nitrogens is 2. The summed E-state index contributed by atoms with van der Waals surface area (Å²) in [5.41, 5.74) is 3.84. The Bertz CT molecular complexity index is 1170. The Labute approximate surface area is 204 Å². The van der Waals surface area contributed by atoms with Gasteiger partial charge in [0.2, 0.25) is 11.7 Å². The maximum atomic E-state index is 13.1. The first-order chi connectivity index (χ1) is 15.9. The number of carbonyl (C=O) groups is 2. The second-order valence-electron chi connectivity index (χ2n) is 8.38. The van der Waals surface area contributed by atoms with E-state index < -0.39 is 0 Å². The molecule has 3 heterocycles. The van der Waals surface area contributed by atoms with Crippen LogP contribution in [-0.4, -0.2) is 52.7 Å². The lowest BCUT2D eigenvalue weighted by molar-refractivity contribution is -0.130. The van der Waals surface area contributed by atoms with Crippen LogP contribution in [0.15, 0.2) is 59.2 Å². The standard InChI is InChI=1S/C26H27BrN4O2.H2/c1-18-7-9-20(10-8-18)15-25(32)31-12-4-11-30(13-14-31)24-6-3-5-23(29-24)26(33)22-16-21(27)17-28-19(22)2;/h3,5-10,16-17H,4,11-15H2,1-2H3;1H. The average Bonchev–Trinajstić information content (AvgIpc) is 3.08. The molecule has 1 saturated heterocycles. The molecule has 172 valence electrons. The predicted octanol–water partition coefficient (Wildman–Crippen LogP) is 4.61. The molecule has 1 aliphatic heterocycles. The van der Waals surface area contributed by atoms with Crippen molar-refractivity contribution >= 4 is 33.4 Å². The van der Waals surface area contributed by atoms with Crippen LogP contribution in [0.2, 0.25) is 0 Å². The van der Waals surface area contributed by atoms with Crippen LogP contribution in [-0.2, 0) is 11.2 Å². The van der Waals surface area contributed by atoms with Crippen molar-refractivity contribution in [2.75, 3.05) is 31.1 Å². The van der Waals surface area contributed by atoms with E-state index in [1.807, 2.05) is 55.1 Å². The summed E-state index contributed by atoms with van der Waals surface area (Å²) in [6, 6.07) is 15.4. The van der Waals surface area contributed by atoms with Crippen LogP contribution in [0.5, 0.6) is 0 Å². The summed E-state index contributed by atoms with van der Waals surface area (Å²) in [5.74, 6) is 0.761. The van der Waals surface area contributed by atoms with E-state index in [4.69, 9.17) is 0 Å². The predicted molar refractivity (Wildman–Crippen MR) is 135 cm³/mol. The molecule has 1 aromatic carbocycles. The Morgan fingerprint density at radius 1 is 1.03 bits per heavy atom. The number of hydrogen-bond acceptors (Lipinski definition) is 5. The van der Waals surface area contributed by atoms with Crippen LogP contribution in [0.25, 0.3) is 0 Å². The van der Waals surface area contributed by atoms with Crippen LogP contribution >= 0.6 is 15.9 Å². The molecule has 1 aliphatic rings. The van der Waals surface area contributed by atoms with Gasteiger partial charge in [0.25, 0.3) is 0 Å². The van der Waals surface area contributed by atoms with Crippen molar-refractivity contribution in [3.8, 4) is 0 Å². The van der Waals surface area contributed by atoms with Gasteiger partial charge < -0.3 is 9.80 Å². The highest BCUT2D eigenvalue weighted by atomic mass is 79.9. The highest BCUT2D eigenvalue weighted by Crippen LogP contribution is 2.20. The van der Waals surface area contributed by atoms with E-state index >= 15 is 0 Å². The third-order valence-electron chi connectivity index (χ3n) is 5.91. The number of ketones is 1. The summed E-state index contributed by atoms with van der Waals surface area (Å²) < 4.78 is 0.760. The number of carbonyl (C=O) groups excluding carboxylic acids is 2. The van der Waals surface area contributed by atoms with Gasteiger partial charge in [-0.05, 0) is 60.0 Å². The largest absolute Gasteiger partial charge is 0.355 e. The van der Waals surface area contributed by atoms with Crippen LogP contribution in [0.3, 0.4) is 0 Å². The van der Waals surface area contributed by atoms with E-state index in [1.165, 1.54) is 5.56 Å². The molecule has 0 aliphatic carbocycles. The molecule has 3 aromatic rings. The molecule has 0 radical (unpaired) electrons. The van der Waals surface area contributed by atoms with Crippen LogP contribution < -0.4 is 4.90 Å². The first-order valence-electron chi connectivity index (χ1n) is 11.1. The first-order valence-corrected chi connectivity index (χ1v) is 11.9. The zero-order valence-electron chi connectivity index (χ0n) is 18.9. The lowest BCUT2D eigenvalue weighted by Crippen LogP contribution is -2.36. The molecule has 1 fully saturated rings. The van der Waals surface area contributed by atoms with Crippen molar-refractivity contribution in [1.29, 1.82) is 0 Å². The zero-order chi connectivity index (χ0) is 23.4. The summed E-state index contributed by atoms with van der Waals surface area (Å²) in [5, 5.41) is 0. The highest BCUT2D eigenvalue weighted by molar-refractivity contribution is 9.10. The van der Waals surface area contributed by atoms with Gasteiger partial charge >= 0.3 is 0 Å². The minimum atomic E-state index is -0.145. The average molecular weight is 509 g/mol. The molecule has 0 bridgehead atoms. The summed E-state index contributed by atoms with van der Waals surface area (Å²) in [6.07, 6.45) is 2.95. The number of anilines is 1. The van der Waals surface area contributed by atoms with E-state index in [9.17, 15) is 9.59 Å². The van der Waals surface area contributed by atoms with Crippen LogP contribution in [0.4, 0.5) is 5.82 Å². The number of nitrogens with zero attached hydrogens (tertiary/aromatic N) is 4. The minimum Gasteiger partial charge on any atom is -0.355 e. The number of halogens is 1. The Kier molecular flexibility index (Phi) is 7.18. The van der Waals surface area contributed by atoms with Gasteiger partial charge in [0.15, 0.2) is 0 Å². The molecule has 0 N–H and O–H groups in total. The van der Waals surface area contributed by atoms with Gasteiger partial charge in [-0.2, -0.15) is 0 Å². The summed E-state index contributed by atoms with van der Waals surface area (Å²) in [4.78, 5) is 38.9. The molecular formula is C26H29BrN4O2. The maximum absolute atomic E-state index is 13.1. The molecule has 4 rings (SSSR count). The Balaban J connectivity index is 0.00000324. The van der Waals surface area contributed by atoms with E-state index in [0.717, 1.165) is 35.4 Å². The molecule has 1 amide bonds. The molecule has 2 aromatic heterocycles. The normalized spacial score (nSPS) is 14.2. The maximum Gasteiger partial charge on any atom is 0.227 e. The first kappa shape index (κ1) is 23.1. The third-order valence-corrected chi connectivity index (χ3v) is 6.35. The molecule has 0 atom stereocenters.